The van der Waals surface area contributed by atoms with E-state index in [0.29, 0.717) is 12.3 Å². The molecular formula is C15H25NO3. The summed E-state index contributed by atoms with van der Waals surface area (Å²) >= 11 is 0. The first kappa shape index (κ1) is 14.4. The molecule has 0 aromatic rings. The van der Waals surface area contributed by atoms with Crippen molar-refractivity contribution in [3.63, 3.8) is 0 Å². The highest BCUT2D eigenvalue weighted by Crippen LogP contribution is 2.31. The Morgan fingerprint density at radius 1 is 1.00 bits per heavy atom. The summed E-state index contributed by atoms with van der Waals surface area (Å²) in [4.78, 5) is 23.5. The van der Waals surface area contributed by atoms with E-state index in [0.717, 1.165) is 32.1 Å². The van der Waals surface area contributed by atoms with Crippen LogP contribution >= 0.6 is 0 Å². The number of carboxylic acids is 1. The molecule has 2 saturated carbocycles. The molecule has 4 nitrogen and oxygen atoms in total. The van der Waals surface area contributed by atoms with Gasteiger partial charge in [0.25, 0.3) is 0 Å². The summed E-state index contributed by atoms with van der Waals surface area (Å²) in [5, 5.41) is 12.3. The molecule has 108 valence electrons. The molecule has 1 amide bonds. The maximum atomic E-state index is 12.3. The Morgan fingerprint density at radius 2 is 1.68 bits per heavy atom. The van der Waals surface area contributed by atoms with Crippen LogP contribution in [0.15, 0.2) is 0 Å². The lowest BCUT2D eigenvalue weighted by molar-refractivity contribution is -0.149. The third-order valence-corrected chi connectivity index (χ3v) is 4.70. The van der Waals surface area contributed by atoms with Gasteiger partial charge in [0.2, 0.25) is 5.91 Å². The van der Waals surface area contributed by atoms with E-state index in [1.54, 1.807) is 0 Å². The summed E-state index contributed by atoms with van der Waals surface area (Å²) < 4.78 is 0. The van der Waals surface area contributed by atoms with Crippen LogP contribution in [-0.2, 0) is 9.59 Å². The molecule has 2 rings (SSSR count). The number of carbonyl (C=O) groups is 2. The van der Waals surface area contributed by atoms with Crippen molar-refractivity contribution in [1.29, 1.82) is 0 Å². The van der Waals surface area contributed by atoms with Crippen molar-refractivity contribution in [1.82, 2.24) is 5.32 Å². The maximum absolute atomic E-state index is 12.3. The van der Waals surface area contributed by atoms with Crippen LogP contribution in [0.3, 0.4) is 0 Å². The molecule has 0 aliphatic heterocycles. The molecule has 2 aliphatic rings. The van der Waals surface area contributed by atoms with Gasteiger partial charge < -0.3 is 10.4 Å². The average Bonchev–Trinajstić information content (AvgIpc) is 2.38. The lowest BCUT2D eigenvalue weighted by Gasteiger charge is -2.32. The van der Waals surface area contributed by atoms with E-state index in [1.165, 1.54) is 12.8 Å². The van der Waals surface area contributed by atoms with Crippen LogP contribution < -0.4 is 5.32 Å². The lowest BCUT2D eigenvalue weighted by Crippen LogP contribution is -2.45. The predicted octanol–water partition coefficient (Wildman–Crippen LogP) is 2.57. The molecule has 0 bridgehead atoms. The molecule has 2 fully saturated rings. The smallest absolute Gasteiger partial charge is 0.307 e. The summed E-state index contributed by atoms with van der Waals surface area (Å²) in [6.07, 6.45) is 7.77. The van der Waals surface area contributed by atoms with E-state index < -0.39 is 11.9 Å². The molecule has 0 heterocycles. The van der Waals surface area contributed by atoms with Gasteiger partial charge in [0.1, 0.15) is 0 Å². The van der Waals surface area contributed by atoms with Gasteiger partial charge in [-0.05, 0) is 31.6 Å². The minimum Gasteiger partial charge on any atom is -0.481 e. The molecule has 0 spiro atoms. The Morgan fingerprint density at radius 3 is 2.32 bits per heavy atom. The first-order valence-electron chi connectivity index (χ1n) is 7.61. The van der Waals surface area contributed by atoms with Crippen LogP contribution in [0.2, 0.25) is 0 Å². The van der Waals surface area contributed by atoms with E-state index in [1.807, 2.05) is 0 Å². The van der Waals surface area contributed by atoms with Crippen molar-refractivity contribution in [2.75, 3.05) is 0 Å². The maximum Gasteiger partial charge on any atom is 0.307 e. The Balaban J connectivity index is 1.92. The summed E-state index contributed by atoms with van der Waals surface area (Å²) in [6, 6.07) is 0.257. The van der Waals surface area contributed by atoms with Gasteiger partial charge in [-0.15, -0.1) is 0 Å². The summed E-state index contributed by atoms with van der Waals surface area (Å²) in [6.45, 7) is 2.22. The molecule has 2 N–H and O–H groups in total. The van der Waals surface area contributed by atoms with Crippen molar-refractivity contribution in [2.45, 2.75) is 64.3 Å². The zero-order chi connectivity index (χ0) is 13.8. The van der Waals surface area contributed by atoms with Crippen LogP contribution in [0.4, 0.5) is 0 Å². The van der Waals surface area contributed by atoms with Gasteiger partial charge in [0, 0.05) is 6.04 Å². The standard InChI is InChI=1S/C15H25NO3/c1-10-5-4-6-11(9-10)16-14(17)12-7-2-3-8-13(12)15(18)19/h10-13H,2-9H2,1H3,(H,16,17)(H,18,19). The fraction of sp³-hybridized carbons (Fsp3) is 0.867. The van der Waals surface area contributed by atoms with Crippen molar-refractivity contribution >= 4 is 11.9 Å². The number of aliphatic carboxylic acids is 1. The number of carbonyl (C=O) groups excluding carboxylic acids is 1. The van der Waals surface area contributed by atoms with E-state index >= 15 is 0 Å². The summed E-state index contributed by atoms with van der Waals surface area (Å²) in [7, 11) is 0. The van der Waals surface area contributed by atoms with Crippen LogP contribution in [-0.4, -0.2) is 23.0 Å². The molecule has 0 aromatic carbocycles. The van der Waals surface area contributed by atoms with Crippen LogP contribution in [0.25, 0.3) is 0 Å². The van der Waals surface area contributed by atoms with E-state index in [9.17, 15) is 14.7 Å². The Labute approximate surface area is 115 Å². The monoisotopic (exact) mass is 267 g/mol. The first-order valence-corrected chi connectivity index (χ1v) is 7.61. The van der Waals surface area contributed by atoms with E-state index in [4.69, 9.17) is 0 Å². The largest absolute Gasteiger partial charge is 0.481 e. The van der Waals surface area contributed by atoms with Gasteiger partial charge in [-0.2, -0.15) is 0 Å². The van der Waals surface area contributed by atoms with Crippen LogP contribution in [0.5, 0.6) is 0 Å². The molecule has 4 heteroatoms. The second-order valence-corrected chi connectivity index (χ2v) is 6.31. The van der Waals surface area contributed by atoms with E-state index in [2.05, 4.69) is 12.2 Å². The molecular weight excluding hydrogens is 242 g/mol. The molecule has 4 atom stereocenters. The number of hydrogen-bond acceptors (Lipinski definition) is 2. The normalized spacial score (nSPS) is 35.6. The van der Waals surface area contributed by atoms with Crippen LogP contribution in [0, 0.1) is 17.8 Å². The molecule has 0 aromatic heterocycles. The second-order valence-electron chi connectivity index (χ2n) is 6.31. The van der Waals surface area contributed by atoms with Crippen molar-refractivity contribution in [2.24, 2.45) is 17.8 Å². The fourth-order valence-corrected chi connectivity index (χ4v) is 3.61. The third kappa shape index (κ3) is 3.71. The zero-order valence-electron chi connectivity index (χ0n) is 11.7. The van der Waals surface area contributed by atoms with Crippen molar-refractivity contribution in [3.05, 3.63) is 0 Å². The van der Waals surface area contributed by atoms with E-state index in [-0.39, 0.29) is 17.9 Å². The highest BCUT2D eigenvalue weighted by Gasteiger charge is 2.36. The van der Waals surface area contributed by atoms with Gasteiger partial charge in [-0.3, -0.25) is 9.59 Å². The van der Waals surface area contributed by atoms with Gasteiger partial charge in [-0.25, -0.2) is 0 Å². The van der Waals surface area contributed by atoms with Gasteiger partial charge in [0.15, 0.2) is 0 Å². The highest BCUT2D eigenvalue weighted by atomic mass is 16.4. The molecule has 19 heavy (non-hydrogen) atoms. The highest BCUT2D eigenvalue weighted by molar-refractivity contribution is 5.85. The van der Waals surface area contributed by atoms with Gasteiger partial charge in [0.05, 0.1) is 11.8 Å². The number of nitrogens with one attached hydrogen (secondary N) is 1. The number of rotatable bonds is 3. The third-order valence-electron chi connectivity index (χ3n) is 4.70. The molecule has 0 radical (unpaired) electrons. The van der Waals surface area contributed by atoms with Crippen LogP contribution in [0.1, 0.15) is 58.3 Å². The average molecular weight is 267 g/mol. The first-order chi connectivity index (χ1) is 9.08. The number of hydrogen-bond donors (Lipinski definition) is 2. The Kier molecular flexibility index (Phi) is 4.83. The Hall–Kier alpha value is -1.06. The predicted molar refractivity (Wildman–Crippen MR) is 72.6 cm³/mol. The SMILES string of the molecule is CC1CCCC(NC(=O)C2CCCCC2C(=O)O)C1. The number of amides is 1. The Bertz CT molecular complexity index is 342. The quantitative estimate of drug-likeness (QED) is 0.826. The second kappa shape index (κ2) is 6.40. The molecule has 2 aliphatic carbocycles. The van der Waals surface area contributed by atoms with Crippen molar-refractivity contribution < 1.29 is 14.7 Å². The summed E-state index contributed by atoms with van der Waals surface area (Å²) in [5.74, 6) is -0.956. The molecule has 0 saturated heterocycles. The molecule has 4 unspecified atom stereocenters. The van der Waals surface area contributed by atoms with Gasteiger partial charge in [-0.1, -0.05) is 32.6 Å². The topological polar surface area (TPSA) is 66.4 Å². The minimum absolute atomic E-state index is 0.0220. The lowest BCUT2D eigenvalue weighted by atomic mass is 9.78. The van der Waals surface area contributed by atoms with Crippen molar-refractivity contribution in [3.8, 4) is 0 Å². The fourth-order valence-electron chi connectivity index (χ4n) is 3.61. The van der Waals surface area contributed by atoms with Gasteiger partial charge >= 0.3 is 5.97 Å². The zero-order valence-corrected chi connectivity index (χ0v) is 11.7. The number of carboxylic acid groups (broad SMARTS) is 1. The summed E-state index contributed by atoms with van der Waals surface area (Å²) in [5.41, 5.74) is 0. The minimum atomic E-state index is -0.808.